The van der Waals surface area contributed by atoms with Crippen molar-refractivity contribution in [2.45, 2.75) is 40.2 Å². The Morgan fingerprint density at radius 3 is 2.36 bits per heavy atom. The molecule has 3 heteroatoms. The second-order valence-electron chi connectivity index (χ2n) is 5.71. The normalized spacial score (nSPS) is 26.2. The lowest BCUT2D eigenvalue weighted by atomic mass is 9.82. The van der Waals surface area contributed by atoms with E-state index in [1.54, 1.807) is 0 Å². The average molecular weight is 199 g/mol. The van der Waals surface area contributed by atoms with Gasteiger partial charge in [0.1, 0.15) is 5.60 Å². The van der Waals surface area contributed by atoms with Crippen LogP contribution in [0.5, 0.6) is 0 Å². The van der Waals surface area contributed by atoms with E-state index in [9.17, 15) is 4.79 Å². The SMILES string of the molecule is CC(C)(C)OC(=O)[C@@H]1CNCC1(C)C. The standard InChI is InChI=1S/C11H21NO2/c1-10(2,3)14-9(13)8-6-12-7-11(8,4)5/h8,12H,6-7H2,1-5H3/t8-/m0/s1. The summed E-state index contributed by atoms with van der Waals surface area (Å²) in [5.74, 6) is -0.0887. The van der Waals surface area contributed by atoms with Crippen LogP contribution >= 0.6 is 0 Å². The number of esters is 1. The number of carbonyl (C=O) groups is 1. The maximum absolute atomic E-state index is 11.8. The topological polar surface area (TPSA) is 38.3 Å². The van der Waals surface area contributed by atoms with Gasteiger partial charge >= 0.3 is 5.97 Å². The first-order valence-corrected chi connectivity index (χ1v) is 5.16. The third-order valence-electron chi connectivity index (χ3n) is 2.56. The van der Waals surface area contributed by atoms with Gasteiger partial charge in [0, 0.05) is 13.1 Å². The van der Waals surface area contributed by atoms with Gasteiger partial charge in [-0.3, -0.25) is 4.79 Å². The fourth-order valence-electron chi connectivity index (χ4n) is 1.71. The summed E-state index contributed by atoms with van der Waals surface area (Å²) in [6, 6.07) is 0. The van der Waals surface area contributed by atoms with Crippen molar-refractivity contribution in [3.63, 3.8) is 0 Å². The monoisotopic (exact) mass is 199 g/mol. The Bertz CT molecular complexity index is 228. The number of nitrogens with one attached hydrogen (secondary N) is 1. The molecule has 0 radical (unpaired) electrons. The van der Waals surface area contributed by atoms with Gasteiger partial charge in [0.05, 0.1) is 5.92 Å². The Hall–Kier alpha value is -0.570. The van der Waals surface area contributed by atoms with Crippen LogP contribution in [0.15, 0.2) is 0 Å². The number of hydrogen-bond donors (Lipinski definition) is 1. The first-order chi connectivity index (χ1) is 6.22. The summed E-state index contributed by atoms with van der Waals surface area (Å²) in [6.45, 7) is 11.5. The molecule has 1 N–H and O–H groups in total. The molecule has 0 aromatic rings. The largest absolute Gasteiger partial charge is 0.460 e. The predicted molar refractivity (Wildman–Crippen MR) is 56.0 cm³/mol. The molecule has 1 fully saturated rings. The van der Waals surface area contributed by atoms with E-state index in [-0.39, 0.29) is 22.9 Å². The molecule has 1 rings (SSSR count). The first kappa shape index (κ1) is 11.5. The van der Waals surface area contributed by atoms with Crippen molar-refractivity contribution in [1.82, 2.24) is 5.32 Å². The maximum atomic E-state index is 11.8. The summed E-state index contributed by atoms with van der Waals surface area (Å²) in [5.41, 5.74) is -0.363. The van der Waals surface area contributed by atoms with Gasteiger partial charge in [0.2, 0.25) is 0 Å². The third kappa shape index (κ3) is 2.71. The van der Waals surface area contributed by atoms with Crippen molar-refractivity contribution in [2.24, 2.45) is 11.3 Å². The van der Waals surface area contributed by atoms with Gasteiger partial charge in [0.15, 0.2) is 0 Å². The van der Waals surface area contributed by atoms with Crippen molar-refractivity contribution in [2.75, 3.05) is 13.1 Å². The average Bonchev–Trinajstić information content (AvgIpc) is 2.25. The quantitative estimate of drug-likeness (QED) is 0.651. The maximum Gasteiger partial charge on any atom is 0.311 e. The van der Waals surface area contributed by atoms with Crippen LogP contribution in [0.25, 0.3) is 0 Å². The van der Waals surface area contributed by atoms with E-state index in [1.165, 1.54) is 0 Å². The Labute approximate surface area is 86.2 Å². The second kappa shape index (κ2) is 3.54. The molecule has 0 amide bonds. The number of hydrogen-bond acceptors (Lipinski definition) is 3. The fourth-order valence-corrected chi connectivity index (χ4v) is 1.71. The molecule has 1 aliphatic rings. The third-order valence-corrected chi connectivity index (χ3v) is 2.56. The van der Waals surface area contributed by atoms with Crippen molar-refractivity contribution in [3.05, 3.63) is 0 Å². The van der Waals surface area contributed by atoms with Crippen LogP contribution in [0.1, 0.15) is 34.6 Å². The van der Waals surface area contributed by atoms with E-state index in [0.29, 0.717) is 0 Å². The van der Waals surface area contributed by atoms with Gasteiger partial charge in [-0.05, 0) is 26.2 Å². The number of ether oxygens (including phenoxy) is 1. The van der Waals surface area contributed by atoms with Crippen molar-refractivity contribution in [1.29, 1.82) is 0 Å². The molecular formula is C11H21NO2. The summed E-state index contributed by atoms with van der Waals surface area (Å²) in [6.07, 6.45) is 0. The predicted octanol–water partition coefficient (Wildman–Crippen LogP) is 1.57. The zero-order valence-corrected chi connectivity index (χ0v) is 9.81. The van der Waals surface area contributed by atoms with E-state index in [2.05, 4.69) is 19.2 Å². The Balaban J connectivity index is 2.62. The fraction of sp³-hybridized carbons (Fsp3) is 0.909. The van der Waals surface area contributed by atoms with Crippen molar-refractivity contribution in [3.8, 4) is 0 Å². The van der Waals surface area contributed by atoms with Crippen LogP contribution in [-0.2, 0) is 9.53 Å². The molecule has 0 aromatic heterocycles. The summed E-state index contributed by atoms with van der Waals surface area (Å²) in [5, 5.41) is 3.23. The molecule has 14 heavy (non-hydrogen) atoms. The van der Waals surface area contributed by atoms with Gasteiger partial charge in [-0.25, -0.2) is 0 Å². The molecular weight excluding hydrogens is 178 g/mol. The second-order valence-corrected chi connectivity index (χ2v) is 5.71. The molecule has 1 aliphatic heterocycles. The van der Waals surface area contributed by atoms with Crippen LogP contribution in [0.4, 0.5) is 0 Å². The molecule has 82 valence electrons. The molecule has 1 heterocycles. The Morgan fingerprint density at radius 1 is 1.43 bits per heavy atom. The van der Waals surface area contributed by atoms with Gasteiger partial charge < -0.3 is 10.1 Å². The number of rotatable bonds is 1. The summed E-state index contributed by atoms with van der Waals surface area (Å²) in [7, 11) is 0. The minimum absolute atomic E-state index is 0.0123. The summed E-state index contributed by atoms with van der Waals surface area (Å²) < 4.78 is 5.38. The lowest BCUT2D eigenvalue weighted by Gasteiger charge is -2.28. The molecule has 3 nitrogen and oxygen atoms in total. The molecule has 0 unspecified atom stereocenters. The van der Waals surface area contributed by atoms with Crippen LogP contribution in [0.2, 0.25) is 0 Å². The van der Waals surface area contributed by atoms with Gasteiger partial charge in [-0.1, -0.05) is 13.8 Å². The molecule has 0 saturated carbocycles. The van der Waals surface area contributed by atoms with Crippen molar-refractivity contribution >= 4 is 5.97 Å². The molecule has 1 saturated heterocycles. The van der Waals surface area contributed by atoms with Crippen LogP contribution in [0.3, 0.4) is 0 Å². The van der Waals surface area contributed by atoms with Crippen LogP contribution in [0, 0.1) is 11.3 Å². The smallest absolute Gasteiger partial charge is 0.311 e. The number of carbonyl (C=O) groups excluding carboxylic acids is 1. The highest BCUT2D eigenvalue weighted by molar-refractivity contribution is 5.74. The first-order valence-electron chi connectivity index (χ1n) is 5.16. The van der Waals surface area contributed by atoms with E-state index in [4.69, 9.17) is 4.74 Å². The van der Waals surface area contributed by atoms with E-state index < -0.39 is 0 Å². The summed E-state index contributed by atoms with van der Waals surface area (Å²) in [4.78, 5) is 11.8. The van der Waals surface area contributed by atoms with E-state index in [0.717, 1.165) is 13.1 Å². The molecule has 0 aliphatic carbocycles. The van der Waals surface area contributed by atoms with Crippen LogP contribution in [-0.4, -0.2) is 24.7 Å². The highest BCUT2D eigenvalue weighted by Crippen LogP contribution is 2.32. The molecule has 0 spiro atoms. The Kier molecular flexibility index (Phi) is 2.91. The lowest BCUT2D eigenvalue weighted by molar-refractivity contribution is -0.162. The van der Waals surface area contributed by atoms with Crippen molar-refractivity contribution < 1.29 is 9.53 Å². The lowest BCUT2D eigenvalue weighted by Crippen LogP contribution is -2.35. The van der Waals surface area contributed by atoms with Gasteiger partial charge in [-0.15, -0.1) is 0 Å². The zero-order chi connectivity index (χ0) is 11.0. The minimum Gasteiger partial charge on any atom is -0.460 e. The minimum atomic E-state index is -0.379. The molecule has 0 aromatic carbocycles. The highest BCUT2D eigenvalue weighted by atomic mass is 16.6. The molecule has 0 bridgehead atoms. The Morgan fingerprint density at radius 2 is 2.00 bits per heavy atom. The highest BCUT2D eigenvalue weighted by Gasteiger charge is 2.41. The van der Waals surface area contributed by atoms with Gasteiger partial charge in [-0.2, -0.15) is 0 Å². The zero-order valence-electron chi connectivity index (χ0n) is 9.81. The van der Waals surface area contributed by atoms with E-state index >= 15 is 0 Å². The molecule has 1 atom stereocenters. The van der Waals surface area contributed by atoms with E-state index in [1.807, 2.05) is 20.8 Å². The van der Waals surface area contributed by atoms with Gasteiger partial charge in [0.25, 0.3) is 0 Å². The van der Waals surface area contributed by atoms with Crippen LogP contribution < -0.4 is 5.32 Å². The summed E-state index contributed by atoms with van der Waals surface area (Å²) >= 11 is 0.